The van der Waals surface area contributed by atoms with Gasteiger partial charge >= 0.3 is 0 Å². The molecule has 0 saturated carbocycles. The number of benzene rings is 1. The largest absolute Gasteiger partial charge is 0.389 e. The number of aliphatic hydroxyl groups is 1. The lowest BCUT2D eigenvalue weighted by Crippen LogP contribution is -2.30. The molecule has 112 valence electrons. The zero-order valence-corrected chi connectivity index (χ0v) is 11.9. The normalized spacial score (nSPS) is 12.6. The Morgan fingerprint density at radius 3 is 2.50 bits per heavy atom. The van der Waals surface area contributed by atoms with Gasteiger partial charge in [-0.2, -0.15) is 0 Å². The van der Waals surface area contributed by atoms with Crippen LogP contribution in [0.1, 0.15) is 19.4 Å². The summed E-state index contributed by atoms with van der Waals surface area (Å²) in [5.74, 6) is 0.454. The maximum atomic E-state index is 10.5. The molecule has 0 aliphatic rings. The van der Waals surface area contributed by atoms with Crippen molar-refractivity contribution in [3.8, 4) is 0 Å². The molecule has 0 fully saturated rings. The third kappa shape index (κ3) is 6.60. The number of hydrogen-bond acceptors (Lipinski definition) is 5. The number of ether oxygens (including phenoxy) is 1. The van der Waals surface area contributed by atoms with Crippen LogP contribution in [-0.4, -0.2) is 35.9 Å². The summed E-state index contributed by atoms with van der Waals surface area (Å²) in [6.07, 6.45) is -0.549. The molecule has 6 heteroatoms. The Balaban J connectivity index is 2.21. The summed E-state index contributed by atoms with van der Waals surface area (Å²) >= 11 is 0. The highest BCUT2D eigenvalue weighted by atomic mass is 16.6. The van der Waals surface area contributed by atoms with E-state index >= 15 is 0 Å². The number of rotatable bonds is 9. The molecule has 1 aromatic rings. The smallest absolute Gasteiger partial charge is 0.269 e. The third-order valence-electron chi connectivity index (χ3n) is 2.62. The van der Waals surface area contributed by atoms with Gasteiger partial charge in [0.1, 0.15) is 0 Å². The Morgan fingerprint density at radius 2 is 1.95 bits per heavy atom. The summed E-state index contributed by atoms with van der Waals surface area (Å²) in [5, 5.41) is 23.3. The Hall–Kier alpha value is -1.50. The molecule has 0 amide bonds. The molecule has 0 bridgehead atoms. The van der Waals surface area contributed by atoms with E-state index in [0.29, 0.717) is 32.2 Å². The predicted octanol–water partition coefficient (Wildman–Crippen LogP) is 1.72. The maximum absolute atomic E-state index is 10.5. The fourth-order valence-electron chi connectivity index (χ4n) is 1.62. The van der Waals surface area contributed by atoms with Crippen LogP contribution >= 0.6 is 0 Å². The van der Waals surface area contributed by atoms with Gasteiger partial charge in [0.05, 0.1) is 17.6 Å². The topological polar surface area (TPSA) is 84.6 Å². The van der Waals surface area contributed by atoms with E-state index < -0.39 is 11.0 Å². The zero-order valence-electron chi connectivity index (χ0n) is 11.9. The first kappa shape index (κ1) is 16.6. The molecule has 6 nitrogen and oxygen atoms in total. The summed E-state index contributed by atoms with van der Waals surface area (Å²) in [7, 11) is 0. The van der Waals surface area contributed by atoms with Gasteiger partial charge in [-0.15, -0.1) is 0 Å². The first-order valence-electron chi connectivity index (χ1n) is 6.69. The highest BCUT2D eigenvalue weighted by Gasteiger charge is 2.06. The van der Waals surface area contributed by atoms with Crippen molar-refractivity contribution in [3.63, 3.8) is 0 Å². The minimum Gasteiger partial charge on any atom is -0.389 e. The van der Waals surface area contributed by atoms with Gasteiger partial charge in [0.25, 0.3) is 5.69 Å². The Morgan fingerprint density at radius 1 is 1.30 bits per heavy atom. The van der Waals surface area contributed by atoms with Gasteiger partial charge in [-0.3, -0.25) is 10.1 Å². The minimum absolute atomic E-state index is 0.0795. The molecule has 0 heterocycles. The molecule has 1 aromatic carbocycles. The Labute approximate surface area is 118 Å². The molecule has 1 unspecified atom stereocenters. The van der Waals surface area contributed by atoms with Gasteiger partial charge < -0.3 is 15.2 Å². The van der Waals surface area contributed by atoms with Crippen LogP contribution < -0.4 is 5.32 Å². The monoisotopic (exact) mass is 282 g/mol. The second-order valence-electron chi connectivity index (χ2n) is 5.14. The number of nitro benzene ring substituents is 1. The summed E-state index contributed by atoms with van der Waals surface area (Å²) in [6, 6.07) is 6.35. The van der Waals surface area contributed by atoms with Crippen molar-refractivity contribution in [2.75, 3.05) is 19.8 Å². The molecule has 20 heavy (non-hydrogen) atoms. The SMILES string of the molecule is CC(C)COCC(O)CNCc1ccc([N+](=O)[O-])cc1. The first-order chi connectivity index (χ1) is 9.49. The lowest BCUT2D eigenvalue weighted by molar-refractivity contribution is -0.384. The van der Waals surface area contributed by atoms with Gasteiger partial charge in [0.15, 0.2) is 0 Å². The Kier molecular flexibility index (Phi) is 7.14. The van der Waals surface area contributed by atoms with Gasteiger partial charge in [-0.1, -0.05) is 26.0 Å². The predicted molar refractivity (Wildman–Crippen MR) is 76.5 cm³/mol. The van der Waals surface area contributed by atoms with E-state index in [1.54, 1.807) is 12.1 Å². The molecular weight excluding hydrogens is 260 g/mol. The van der Waals surface area contributed by atoms with Crippen molar-refractivity contribution < 1.29 is 14.8 Å². The van der Waals surface area contributed by atoms with Crippen molar-refractivity contribution in [2.24, 2.45) is 5.92 Å². The lowest BCUT2D eigenvalue weighted by Gasteiger charge is -2.13. The van der Waals surface area contributed by atoms with Crippen molar-refractivity contribution in [1.82, 2.24) is 5.32 Å². The molecule has 1 rings (SSSR count). The van der Waals surface area contributed by atoms with E-state index in [0.717, 1.165) is 5.56 Å². The molecule has 0 spiro atoms. The summed E-state index contributed by atoms with van der Waals surface area (Å²) in [6.45, 7) is 6.04. The van der Waals surface area contributed by atoms with Gasteiger partial charge in [0.2, 0.25) is 0 Å². The number of non-ortho nitro benzene ring substituents is 1. The molecule has 0 aromatic heterocycles. The second kappa shape index (κ2) is 8.63. The fourth-order valence-corrected chi connectivity index (χ4v) is 1.62. The van der Waals surface area contributed by atoms with E-state index in [1.165, 1.54) is 12.1 Å². The number of nitrogens with one attached hydrogen (secondary N) is 1. The van der Waals surface area contributed by atoms with E-state index in [9.17, 15) is 15.2 Å². The number of aliphatic hydroxyl groups excluding tert-OH is 1. The summed E-state index contributed by atoms with van der Waals surface area (Å²) in [5.41, 5.74) is 1.02. The second-order valence-corrected chi connectivity index (χ2v) is 5.14. The van der Waals surface area contributed by atoms with E-state index in [2.05, 4.69) is 19.2 Å². The molecule has 0 saturated heterocycles. The summed E-state index contributed by atoms with van der Waals surface area (Å²) < 4.78 is 5.34. The van der Waals surface area contributed by atoms with Crippen molar-refractivity contribution in [2.45, 2.75) is 26.5 Å². The number of nitrogens with zero attached hydrogens (tertiary/aromatic N) is 1. The Bertz CT molecular complexity index is 406. The van der Waals surface area contributed by atoms with Crippen LogP contribution in [0.5, 0.6) is 0 Å². The fraction of sp³-hybridized carbons (Fsp3) is 0.571. The van der Waals surface area contributed by atoms with Crippen molar-refractivity contribution in [1.29, 1.82) is 0 Å². The quantitative estimate of drug-likeness (QED) is 0.532. The van der Waals surface area contributed by atoms with Crippen LogP contribution in [0, 0.1) is 16.0 Å². The van der Waals surface area contributed by atoms with E-state index in [4.69, 9.17) is 4.74 Å². The molecule has 0 aliphatic heterocycles. The molecule has 1 atom stereocenters. The van der Waals surface area contributed by atoms with Crippen LogP contribution in [0.25, 0.3) is 0 Å². The highest BCUT2D eigenvalue weighted by molar-refractivity contribution is 5.32. The lowest BCUT2D eigenvalue weighted by atomic mass is 10.2. The van der Waals surface area contributed by atoms with Crippen LogP contribution in [0.2, 0.25) is 0 Å². The maximum Gasteiger partial charge on any atom is 0.269 e. The first-order valence-corrected chi connectivity index (χ1v) is 6.69. The molecular formula is C14H22N2O4. The average Bonchev–Trinajstić information content (AvgIpc) is 2.39. The van der Waals surface area contributed by atoms with Crippen LogP contribution in [-0.2, 0) is 11.3 Å². The average molecular weight is 282 g/mol. The standard InChI is InChI=1S/C14H22N2O4/c1-11(2)9-20-10-14(17)8-15-7-12-3-5-13(6-4-12)16(18)19/h3-6,11,14-15,17H,7-10H2,1-2H3. The third-order valence-corrected chi connectivity index (χ3v) is 2.62. The van der Waals surface area contributed by atoms with Crippen LogP contribution in [0.4, 0.5) is 5.69 Å². The van der Waals surface area contributed by atoms with Gasteiger partial charge in [0, 0.05) is 31.8 Å². The van der Waals surface area contributed by atoms with Gasteiger partial charge in [-0.05, 0) is 11.5 Å². The number of nitro groups is 1. The zero-order chi connectivity index (χ0) is 15.0. The highest BCUT2D eigenvalue weighted by Crippen LogP contribution is 2.11. The van der Waals surface area contributed by atoms with Crippen molar-refractivity contribution in [3.05, 3.63) is 39.9 Å². The number of hydrogen-bond donors (Lipinski definition) is 2. The van der Waals surface area contributed by atoms with Crippen LogP contribution in [0.15, 0.2) is 24.3 Å². The van der Waals surface area contributed by atoms with Gasteiger partial charge in [-0.25, -0.2) is 0 Å². The van der Waals surface area contributed by atoms with Crippen LogP contribution in [0.3, 0.4) is 0 Å². The summed E-state index contributed by atoms with van der Waals surface area (Å²) in [4.78, 5) is 10.1. The molecule has 0 aliphatic carbocycles. The minimum atomic E-state index is -0.549. The van der Waals surface area contributed by atoms with E-state index in [-0.39, 0.29) is 5.69 Å². The van der Waals surface area contributed by atoms with Crippen molar-refractivity contribution >= 4 is 5.69 Å². The molecule has 0 radical (unpaired) electrons. The molecule has 2 N–H and O–H groups in total. The van der Waals surface area contributed by atoms with E-state index in [1.807, 2.05) is 0 Å².